The van der Waals surface area contributed by atoms with Gasteiger partial charge in [0.1, 0.15) is 11.9 Å². The first-order chi connectivity index (χ1) is 8.50. The molecule has 1 saturated heterocycles. The first-order valence-electron chi connectivity index (χ1n) is 5.56. The van der Waals surface area contributed by atoms with E-state index in [0.29, 0.717) is 19.4 Å². The number of likely N-dealkylation sites (tertiary alicyclic amines) is 1. The second kappa shape index (κ2) is 4.94. The molecule has 96 valence electrons. The van der Waals surface area contributed by atoms with Crippen molar-refractivity contribution < 1.29 is 14.0 Å². The van der Waals surface area contributed by atoms with Crippen molar-refractivity contribution in [3.8, 4) is 0 Å². The summed E-state index contributed by atoms with van der Waals surface area (Å²) in [6.07, 6.45) is 1.20. The van der Waals surface area contributed by atoms with Crippen LogP contribution in [0.3, 0.4) is 0 Å². The Bertz CT molecular complexity index is 507. The summed E-state index contributed by atoms with van der Waals surface area (Å²) < 4.78 is 13.6. The predicted octanol–water partition coefficient (Wildman–Crippen LogP) is 1.57. The van der Waals surface area contributed by atoms with E-state index in [2.05, 4.69) is 0 Å². The van der Waals surface area contributed by atoms with Gasteiger partial charge in [0.25, 0.3) is 5.91 Å². The highest BCUT2D eigenvalue weighted by molar-refractivity contribution is 6.31. The maximum atomic E-state index is 13.6. The topological polar surface area (TPSA) is 63.4 Å². The van der Waals surface area contributed by atoms with E-state index in [-0.39, 0.29) is 10.6 Å². The lowest BCUT2D eigenvalue weighted by molar-refractivity contribution is -0.121. The number of nitrogens with two attached hydrogens (primary N) is 1. The molecule has 1 aliphatic heterocycles. The summed E-state index contributed by atoms with van der Waals surface area (Å²) in [6, 6.07) is 3.10. The van der Waals surface area contributed by atoms with Gasteiger partial charge in [-0.3, -0.25) is 9.59 Å². The van der Waals surface area contributed by atoms with Gasteiger partial charge < -0.3 is 10.6 Å². The van der Waals surface area contributed by atoms with Crippen molar-refractivity contribution in [3.63, 3.8) is 0 Å². The monoisotopic (exact) mass is 270 g/mol. The molecule has 0 radical (unpaired) electrons. The van der Waals surface area contributed by atoms with Gasteiger partial charge in [-0.1, -0.05) is 11.6 Å². The van der Waals surface area contributed by atoms with Crippen LogP contribution in [-0.4, -0.2) is 29.3 Å². The third-order valence-electron chi connectivity index (χ3n) is 3.00. The van der Waals surface area contributed by atoms with Crippen molar-refractivity contribution >= 4 is 23.4 Å². The molecule has 2 rings (SSSR count). The molecule has 1 heterocycles. The zero-order chi connectivity index (χ0) is 13.3. The molecule has 0 bridgehead atoms. The van der Waals surface area contributed by atoms with Gasteiger partial charge in [0.2, 0.25) is 5.91 Å². The summed E-state index contributed by atoms with van der Waals surface area (Å²) >= 11 is 5.74. The Balaban J connectivity index is 2.31. The fourth-order valence-electron chi connectivity index (χ4n) is 2.12. The van der Waals surface area contributed by atoms with E-state index in [1.807, 2.05) is 0 Å². The van der Waals surface area contributed by atoms with Crippen molar-refractivity contribution in [2.24, 2.45) is 5.73 Å². The summed E-state index contributed by atoms with van der Waals surface area (Å²) in [4.78, 5) is 24.7. The van der Waals surface area contributed by atoms with Crippen LogP contribution in [0.5, 0.6) is 0 Å². The molecule has 1 aromatic rings. The van der Waals surface area contributed by atoms with E-state index < -0.39 is 23.7 Å². The Hall–Kier alpha value is -1.62. The van der Waals surface area contributed by atoms with Crippen molar-refractivity contribution in [2.75, 3.05) is 6.54 Å². The molecule has 0 spiro atoms. The molecule has 4 nitrogen and oxygen atoms in total. The molecular weight excluding hydrogens is 259 g/mol. The van der Waals surface area contributed by atoms with Crippen LogP contribution < -0.4 is 5.73 Å². The predicted molar refractivity (Wildman–Crippen MR) is 64.7 cm³/mol. The minimum absolute atomic E-state index is 0.129. The SMILES string of the molecule is NC(=O)C1CCCN1C(=O)c1cc(Cl)ccc1F. The fourth-order valence-corrected chi connectivity index (χ4v) is 2.29. The van der Waals surface area contributed by atoms with Gasteiger partial charge in [-0.25, -0.2) is 4.39 Å². The molecule has 0 aromatic heterocycles. The van der Waals surface area contributed by atoms with E-state index in [4.69, 9.17) is 17.3 Å². The average Bonchev–Trinajstić information content (AvgIpc) is 2.80. The van der Waals surface area contributed by atoms with Crippen LogP contribution in [0.2, 0.25) is 5.02 Å². The minimum Gasteiger partial charge on any atom is -0.368 e. The molecule has 6 heteroatoms. The highest BCUT2D eigenvalue weighted by atomic mass is 35.5. The average molecular weight is 271 g/mol. The molecule has 1 fully saturated rings. The zero-order valence-electron chi connectivity index (χ0n) is 9.53. The zero-order valence-corrected chi connectivity index (χ0v) is 10.3. The van der Waals surface area contributed by atoms with Crippen LogP contribution >= 0.6 is 11.6 Å². The van der Waals surface area contributed by atoms with Crippen molar-refractivity contribution in [2.45, 2.75) is 18.9 Å². The number of amides is 2. The quantitative estimate of drug-likeness (QED) is 0.887. The van der Waals surface area contributed by atoms with E-state index >= 15 is 0 Å². The van der Waals surface area contributed by atoms with Gasteiger partial charge in [-0.15, -0.1) is 0 Å². The van der Waals surface area contributed by atoms with Crippen LogP contribution in [-0.2, 0) is 4.79 Å². The standard InChI is InChI=1S/C12H12ClFN2O2/c13-7-3-4-9(14)8(6-7)12(18)16-5-1-2-10(16)11(15)17/h3-4,6,10H,1-2,5H2,(H2,15,17). The maximum absolute atomic E-state index is 13.6. The van der Waals surface area contributed by atoms with Crippen molar-refractivity contribution in [1.29, 1.82) is 0 Å². The largest absolute Gasteiger partial charge is 0.368 e. The van der Waals surface area contributed by atoms with E-state index in [1.54, 1.807) is 0 Å². The first kappa shape index (κ1) is 12.8. The Labute approximate surface area is 109 Å². The maximum Gasteiger partial charge on any atom is 0.257 e. The number of rotatable bonds is 2. The van der Waals surface area contributed by atoms with Gasteiger partial charge in [0, 0.05) is 11.6 Å². The summed E-state index contributed by atoms with van der Waals surface area (Å²) in [6.45, 7) is 0.401. The Morgan fingerprint density at radius 3 is 2.83 bits per heavy atom. The number of benzene rings is 1. The fraction of sp³-hybridized carbons (Fsp3) is 0.333. The molecule has 2 N–H and O–H groups in total. The minimum atomic E-state index is -0.657. The summed E-state index contributed by atoms with van der Waals surface area (Å²) in [5.74, 6) is -1.76. The number of halogens is 2. The molecule has 0 saturated carbocycles. The number of nitrogens with zero attached hydrogens (tertiary/aromatic N) is 1. The molecule has 0 aliphatic carbocycles. The molecule has 2 amide bonds. The van der Waals surface area contributed by atoms with E-state index in [0.717, 1.165) is 6.07 Å². The van der Waals surface area contributed by atoms with Gasteiger partial charge in [0.05, 0.1) is 5.56 Å². The van der Waals surface area contributed by atoms with Crippen LogP contribution in [0.25, 0.3) is 0 Å². The molecule has 1 aliphatic rings. The Kier molecular flexibility index (Phi) is 3.52. The third kappa shape index (κ3) is 2.31. The molecule has 18 heavy (non-hydrogen) atoms. The second-order valence-electron chi connectivity index (χ2n) is 4.18. The van der Waals surface area contributed by atoms with Gasteiger partial charge in [0.15, 0.2) is 0 Å². The number of carbonyl (C=O) groups is 2. The molecule has 1 unspecified atom stereocenters. The third-order valence-corrected chi connectivity index (χ3v) is 3.24. The smallest absolute Gasteiger partial charge is 0.257 e. The van der Waals surface area contributed by atoms with Crippen LogP contribution in [0, 0.1) is 5.82 Å². The van der Waals surface area contributed by atoms with Gasteiger partial charge >= 0.3 is 0 Å². The van der Waals surface area contributed by atoms with E-state index in [1.165, 1.54) is 17.0 Å². The lowest BCUT2D eigenvalue weighted by Gasteiger charge is -2.22. The highest BCUT2D eigenvalue weighted by Gasteiger charge is 2.34. The van der Waals surface area contributed by atoms with Gasteiger partial charge in [-0.05, 0) is 31.0 Å². The lowest BCUT2D eigenvalue weighted by Crippen LogP contribution is -2.43. The highest BCUT2D eigenvalue weighted by Crippen LogP contribution is 2.22. The number of primary amides is 1. The summed E-state index contributed by atoms with van der Waals surface area (Å²) in [7, 11) is 0. The normalized spacial score (nSPS) is 19.0. The van der Waals surface area contributed by atoms with E-state index in [9.17, 15) is 14.0 Å². The van der Waals surface area contributed by atoms with Crippen LogP contribution in [0.4, 0.5) is 4.39 Å². The van der Waals surface area contributed by atoms with Crippen molar-refractivity contribution in [1.82, 2.24) is 4.90 Å². The molecular formula is C12H12ClFN2O2. The second-order valence-corrected chi connectivity index (χ2v) is 4.62. The van der Waals surface area contributed by atoms with Gasteiger partial charge in [-0.2, -0.15) is 0 Å². The lowest BCUT2D eigenvalue weighted by atomic mass is 10.1. The van der Waals surface area contributed by atoms with Crippen LogP contribution in [0.15, 0.2) is 18.2 Å². The Morgan fingerprint density at radius 1 is 1.44 bits per heavy atom. The van der Waals surface area contributed by atoms with Crippen molar-refractivity contribution in [3.05, 3.63) is 34.6 Å². The van der Waals surface area contributed by atoms with Crippen LogP contribution in [0.1, 0.15) is 23.2 Å². The molecule has 1 atom stereocenters. The number of hydrogen-bond donors (Lipinski definition) is 1. The number of carbonyl (C=O) groups excluding carboxylic acids is 2. The first-order valence-corrected chi connectivity index (χ1v) is 5.94. The molecule has 1 aromatic carbocycles. The Morgan fingerprint density at radius 2 is 2.17 bits per heavy atom. The number of hydrogen-bond acceptors (Lipinski definition) is 2. The summed E-state index contributed by atoms with van der Waals surface area (Å²) in [5, 5.41) is 0.273. The summed E-state index contributed by atoms with van der Waals surface area (Å²) in [5.41, 5.74) is 5.09.